The van der Waals surface area contributed by atoms with Gasteiger partial charge in [-0.15, -0.1) is 0 Å². The van der Waals surface area contributed by atoms with Gasteiger partial charge in [0.15, 0.2) is 0 Å². The highest BCUT2D eigenvalue weighted by Crippen LogP contribution is 2.20. The second-order valence-electron chi connectivity index (χ2n) is 10.3. The van der Waals surface area contributed by atoms with Crippen LogP contribution in [0.3, 0.4) is 0 Å². The zero-order valence-electron chi connectivity index (χ0n) is 21.7. The lowest BCUT2D eigenvalue weighted by atomic mass is 10.1. The number of carbonyl (C=O) groups excluding carboxylic acids is 3. The van der Waals surface area contributed by atoms with Gasteiger partial charge in [-0.2, -0.15) is 0 Å². The standard InChI is InChI=1S/C27H36FN5O3/c1-19(2)33(25(35)20-6-8-21(28)9-7-20)18-24(34)29-22-10-12-23(13-11-22)31-14-16-32(17-15-31)26(36)30-27(3,4)5/h6-13,19H,14-18H2,1-5H3,(H,29,34)(H,30,36). The predicted molar refractivity (Wildman–Crippen MR) is 140 cm³/mol. The van der Waals surface area contributed by atoms with Crippen LogP contribution < -0.4 is 15.5 Å². The Hall–Kier alpha value is -3.62. The van der Waals surface area contributed by atoms with Gasteiger partial charge in [0.2, 0.25) is 5.91 Å². The van der Waals surface area contributed by atoms with E-state index in [2.05, 4.69) is 15.5 Å². The van der Waals surface area contributed by atoms with Crippen molar-refractivity contribution in [1.29, 1.82) is 0 Å². The van der Waals surface area contributed by atoms with E-state index in [1.165, 1.54) is 29.2 Å². The predicted octanol–water partition coefficient (Wildman–Crippen LogP) is 3.95. The van der Waals surface area contributed by atoms with Crippen LogP contribution >= 0.6 is 0 Å². The maximum Gasteiger partial charge on any atom is 0.317 e. The fourth-order valence-corrected chi connectivity index (χ4v) is 3.93. The number of hydrogen-bond acceptors (Lipinski definition) is 4. The maximum atomic E-state index is 13.2. The second kappa shape index (κ2) is 11.4. The minimum atomic E-state index is -0.420. The lowest BCUT2D eigenvalue weighted by Gasteiger charge is -2.37. The van der Waals surface area contributed by atoms with E-state index < -0.39 is 5.82 Å². The topological polar surface area (TPSA) is 85.0 Å². The first-order valence-corrected chi connectivity index (χ1v) is 12.2. The average Bonchev–Trinajstić information content (AvgIpc) is 2.82. The largest absolute Gasteiger partial charge is 0.368 e. The summed E-state index contributed by atoms with van der Waals surface area (Å²) in [5, 5.41) is 5.84. The van der Waals surface area contributed by atoms with Gasteiger partial charge < -0.3 is 25.3 Å². The molecule has 0 bridgehead atoms. The quantitative estimate of drug-likeness (QED) is 0.633. The Balaban J connectivity index is 1.54. The normalized spacial score (nSPS) is 14.0. The molecule has 2 aromatic carbocycles. The van der Waals surface area contributed by atoms with E-state index in [1.807, 2.05) is 63.8 Å². The van der Waals surface area contributed by atoms with E-state index in [0.29, 0.717) is 24.3 Å². The summed E-state index contributed by atoms with van der Waals surface area (Å²) in [6, 6.07) is 12.6. The number of amides is 4. The molecule has 1 saturated heterocycles. The molecule has 0 spiro atoms. The Kier molecular flexibility index (Phi) is 8.55. The van der Waals surface area contributed by atoms with Crippen molar-refractivity contribution in [3.8, 4) is 0 Å². The number of urea groups is 1. The van der Waals surface area contributed by atoms with Gasteiger partial charge in [-0.3, -0.25) is 9.59 Å². The van der Waals surface area contributed by atoms with Gasteiger partial charge in [-0.1, -0.05) is 0 Å². The van der Waals surface area contributed by atoms with Crippen molar-refractivity contribution in [2.24, 2.45) is 0 Å². The highest BCUT2D eigenvalue weighted by atomic mass is 19.1. The third-order valence-corrected chi connectivity index (χ3v) is 5.85. The average molecular weight is 498 g/mol. The number of piperazine rings is 1. The molecule has 3 rings (SSSR count). The van der Waals surface area contributed by atoms with Crippen molar-refractivity contribution in [3.63, 3.8) is 0 Å². The van der Waals surface area contributed by atoms with Crippen LogP contribution in [0.2, 0.25) is 0 Å². The van der Waals surface area contributed by atoms with E-state index >= 15 is 0 Å². The lowest BCUT2D eigenvalue weighted by molar-refractivity contribution is -0.117. The van der Waals surface area contributed by atoms with Crippen molar-refractivity contribution in [2.45, 2.75) is 46.2 Å². The molecule has 1 aliphatic heterocycles. The van der Waals surface area contributed by atoms with Gasteiger partial charge in [0.1, 0.15) is 12.4 Å². The summed E-state index contributed by atoms with van der Waals surface area (Å²) in [5.41, 5.74) is 1.71. The number of rotatable bonds is 6. The molecule has 0 aromatic heterocycles. The van der Waals surface area contributed by atoms with E-state index in [-0.39, 0.29) is 36.0 Å². The smallest absolute Gasteiger partial charge is 0.317 e. The van der Waals surface area contributed by atoms with Gasteiger partial charge in [0.05, 0.1) is 0 Å². The minimum absolute atomic E-state index is 0.0476. The lowest BCUT2D eigenvalue weighted by Crippen LogP contribution is -2.55. The summed E-state index contributed by atoms with van der Waals surface area (Å²) in [6.45, 7) is 12.1. The highest BCUT2D eigenvalue weighted by molar-refractivity contribution is 5.99. The maximum absolute atomic E-state index is 13.2. The fraction of sp³-hybridized carbons (Fsp3) is 0.444. The summed E-state index contributed by atoms with van der Waals surface area (Å²) in [6.07, 6.45) is 0. The molecular formula is C27H36FN5O3. The van der Waals surface area contributed by atoms with Crippen molar-refractivity contribution in [3.05, 3.63) is 59.9 Å². The fourth-order valence-electron chi connectivity index (χ4n) is 3.93. The number of hydrogen-bond donors (Lipinski definition) is 2. The van der Waals surface area contributed by atoms with Crippen molar-refractivity contribution in [2.75, 3.05) is 42.9 Å². The molecule has 0 radical (unpaired) electrons. The molecule has 1 heterocycles. The first-order chi connectivity index (χ1) is 16.9. The SMILES string of the molecule is CC(C)N(CC(=O)Nc1ccc(N2CCN(C(=O)NC(C)(C)C)CC2)cc1)C(=O)c1ccc(F)cc1. The molecule has 4 amide bonds. The molecular weight excluding hydrogens is 461 g/mol. The van der Waals surface area contributed by atoms with Crippen molar-refractivity contribution < 1.29 is 18.8 Å². The molecule has 0 unspecified atom stereocenters. The monoisotopic (exact) mass is 497 g/mol. The number of benzene rings is 2. The van der Waals surface area contributed by atoms with Crippen LogP contribution in [0.4, 0.5) is 20.6 Å². The van der Waals surface area contributed by atoms with Crippen molar-refractivity contribution >= 4 is 29.2 Å². The van der Waals surface area contributed by atoms with Crippen molar-refractivity contribution in [1.82, 2.24) is 15.1 Å². The Morgan fingerprint density at radius 2 is 1.53 bits per heavy atom. The highest BCUT2D eigenvalue weighted by Gasteiger charge is 2.25. The molecule has 1 aliphatic rings. The number of nitrogens with zero attached hydrogens (tertiary/aromatic N) is 3. The van der Waals surface area contributed by atoms with Crippen LogP contribution in [0.1, 0.15) is 45.0 Å². The number of carbonyl (C=O) groups is 3. The molecule has 0 saturated carbocycles. The first kappa shape index (κ1) is 27.0. The summed E-state index contributed by atoms with van der Waals surface area (Å²) >= 11 is 0. The molecule has 2 N–H and O–H groups in total. The van der Waals surface area contributed by atoms with Crippen LogP contribution in [-0.4, -0.2) is 71.9 Å². The van der Waals surface area contributed by atoms with Gasteiger partial charge in [0.25, 0.3) is 5.91 Å². The summed E-state index contributed by atoms with van der Waals surface area (Å²) in [5.74, 6) is -1.06. The minimum Gasteiger partial charge on any atom is -0.368 e. The number of anilines is 2. The summed E-state index contributed by atoms with van der Waals surface area (Å²) < 4.78 is 13.2. The van der Waals surface area contributed by atoms with E-state index in [1.54, 1.807) is 0 Å². The van der Waals surface area contributed by atoms with Crippen LogP contribution in [-0.2, 0) is 4.79 Å². The van der Waals surface area contributed by atoms with Crippen LogP contribution in [0.5, 0.6) is 0 Å². The Morgan fingerprint density at radius 3 is 2.06 bits per heavy atom. The Labute approximate surface area is 212 Å². The third kappa shape index (κ3) is 7.44. The van der Waals surface area contributed by atoms with Crippen LogP contribution in [0, 0.1) is 5.82 Å². The number of halogens is 1. The van der Waals surface area contributed by atoms with Gasteiger partial charge in [-0.25, -0.2) is 9.18 Å². The third-order valence-electron chi connectivity index (χ3n) is 5.85. The molecule has 1 fully saturated rings. The van der Waals surface area contributed by atoms with Crippen LogP contribution in [0.25, 0.3) is 0 Å². The zero-order valence-corrected chi connectivity index (χ0v) is 21.7. The van der Waals surface area contributed by atoms with E-state index in [9.17, 15) is 18.8 Å². The molecule has 36 heavy (non-hydrogen) atoms. The van der Waals surface area contributed by atoms with Gasteiger partial charge in [-0.05, 0) is 83.1 Å². The van der Waals surface area contributed by atoms with Gasteiger partial charge >= 0.3 is 6.03 Å². The molecule has 9 heteroatoms. The Bertz CT molecular complexity index is 1060. The molecule has 0 atom stereocenters. The summed E-state index contributed by atoms with van der Waals surface area (Å²) in [4.78, 5) is 43.4. The van der Waals surface area contributed by atoms with E-state index in [0.717, 1.165) is 18.8 Å². The summed E-state index contributed by atoms with van der Waals surface area (Å²) in [7, 11) is 0. The number of nitrogens with one attached hydrogen (secondary N) is 2. The molecule has 0 aliphatic carbocycles. The van der Waals surface area contributed by atoms with Crippen LogP contribution in [0.15, 0.2) is 48.5 Å². The second-order valence-corrected chi connectivity index (χ2v) is 10.3. The molecule has 194 valence electrons. The zero-order chi connectivity index (χ0) is 26.5. The Morgan fingerprint density at radius 1 is 0.944 bits per heavy atom. The molecule has 8 nitrogen and oxygen atoms in total. The first-order valence-electron chi connectivity index (χ1n) is 12.2. The van der Waals surface area contributed by atoms with Gasteiger partial charge in [0, 0.05) is 54.7 Å². The molecule has 2 aromatic rings. The van der Waals surface area contributed by atoms with E-state index in [4.69, 9.17) is 0 Å².